The number of aldehydes is 1. The second-order valence-corrected chi connectivity index (χ2v) is 3.42. The first-order chi connectivity index (χ1) is 7.30. The topological polar surface area (TPSA) is 53.7 Å². The van der Waals surface area contributed by atoms with Gasteiger partial charge < -0.3 is 9.52 Å². The molecule has 1 aromatic heterocycles. The number of rotatable bonds is 7. The minimum absolute atomic E-state index is 0.140. The van der Waals surface area contributed by atoms with Gasteiger partial charge in [-0.3, -0.25) is 9.69 Å². The summed E-state index contributed by atoms with van der Waals surface area (Å²) in [5.41, 5.74) is 0. The standard InChI is InChI=1S/C11H17NO3/c1-2-5-12(6-7-13)8-10-3-4-11(9-14)15-10/h3-4,9,13H,2,5-8H2,1H3. The molecule has 1 N–H and O–H groups in total. The molecule has 1 aromatic rings. The van der Waals surface area contributed by atoms with Gasteiger partial charge in [-0.25, -0.2) is 0 Å². The first kappa shape index (κ1) is 11.9. The van der Waals surface area contributed by atoms with Gasteiger partial charge in [0.05, 0.1) is 13.2 Å². The number of carbonyl (C=O) groups excluding carboxylic acids is 1. The predicted molar refractivity (Wildman–Crippen MR) is 56.7 cm³/mol. The molecule has 0 atom stereocenters. The highest BCUT2D eigenvalue weighted by Crippen LogP contribution is 2.09. The van der Waals surface area contributed by atoms with E-state index in [9.17, 15) is 4.79 Å². The normalized spacial score (nSPS) is 10.9. The molecule has 0 aliphatic carbocycles. The average Bonchev–Trinajstić information content (AvgIpc) is 2.66. The Hall–Kier alpha value is -1.13. The zero-order valence-corrected chi connectivity index (χ0v) is 8.98. The van der Waals surface area contributed by atoms with Crippen LogP contribution in [0.15, 0.2) is 16.5 Å². The number of aliphatic hydroxyl groups excluding tert-OH is 1. The van der Waals surface area contributed by atoms with Crippen LogP contribution in [-0.4, -0.2) is 36.0 Å². The summed E-state index contributed by atoms with van der Waals surface area (Å²) >= 11 is 0. The largest absolute Gasteiger partial charge is 0.457 e. The molecule has 0 spiro atoms. The summed E-state index contributed by atoms with van der Waals surface area (Å²) in [6.07, 6.45) is 1.72. The van der Waals surface area contributed by atoms with E-state index in [1.807, 2.05) is 0 Å². The first-order valence-corrected chi connectivity index (χ1v) is 5.17. The predicted octanol–water partition coefficient (Wildman–Crippen LogP) is 1.30. The molecule has 0 amide bonds. The summed E-state index contributed by atoms with van der Waals surface area (Å²) in [5, 5.41) is 8.86. The van der Waals surface area contributed by atoms with Gasteiger partial charge in [-0.15, -0.1) is 0 Å². The van der Waals surface area contributed by atoms with Crippen LogP contribution in [0.2, 0.25) is 0 Å². The molecule has 0 aliphatic rings. The minimum atomic E-state index is 0.140. The maximum atomic E-state index is 10.4. The highest BCUT2D eigenvalue weighted by Gasteiger charge is 2.07. The lowest BCUT2D eigenvalue weighted by Crippen LogP contribution is -2.27. The molecule has 1 rings (SSSR count). The van der Waals surface area contributed by atoms with E-state index in [-0.39, 0.29) is 6.61 Å². The van der Waals surface area contributed by atoms with Gasteiger partial charge in [-0.1, -0.05) is 6.92 Å². The van der Waals surface area contributed by atoms with Crippen molar-refractivity contribution >= 4 is 6.29 Å². The lowest BCUT2D eigenvalue weighted by atomic mass is 10.3. The number of furan rings is 1. The molecule has 4 heteroatoms. The molecule has 15 heavy (non-hydrogen) atoms. The van der Waals surface area contributed by atoms with Crippen LogP contribution in [0, 0.1) is 0 Å². The molecular weight excluding hydrogens is 194 g/mol. The molecule has 0 unspecified atom stereocenters. The summed E-state index contributed by atoms with van der Waals surface area (Å²) in [5.74, 6) is 1.12. The smallest absolute Gasteiger partial charge is 0.185 e. The maximum absolute atomic E-state index is 10.4. The van der Waals surface area contributed by atoms with E-state index in [0.29, 0.717) is 25.1 Å². The highest BCUT2D eigenvalue weighted by molar-refractivity contribution is 5.70. The molecule has 0 saturated carbocycles. The van der Waals surface area contributed by atoms with E-state index < -0.39 is 0 Å². The van der Waals surface area contributed by atoms with Crippen LogP contribution >= 0.6 is 0 Å². The van der Waals surface area contributed by atoms with Crippen LogP contribution < -0.4 is 0 Å². The third-order valence-electron chi connectivity index (χ3n) is 2.13. The maximum Gasteiger partial charge on any atom is 0.185 e. The van der Waals surface area contributed by atoms with Gasteiger partial charge >= 0.3 is 0 Å². The zero-order valence-electron chi connectivity index (χ0n) is 8.98. The molecule has 0 fully saturated rings. The Morgan fingerprint density at radius 2 is 2.27 bits per heavy atom. The molecule has 1 heterocycles. The summed E-state index contributed by atoms with van der Waals surface area (Å²) < 4.78 is 5.26. The highest BCUT2D eigenvalue weighted by atomic mass is 16.3. The van der Waals surface area contributed by atoms with Crippen molar-refractivity contribution < 1.29 is 14.3 Å². The second kappa shape index (κ2) is 6.37. The van der Waals surface area contributed by atoms with E-state index in [2.05, 4.69) is 11.8 Å². The average molecular weight is 211 g/mol. The first-order valence-electron chi connectivity index (χ1n) is 5.17. The van der Waals surface area contributed by atoms with Crippen LogP contribution in [0.4, 0.5) is 0 Å². The summed E-state index contributed by atoms with van der Waals surface area (Å²) in [7, 11) is 0. The van der Waals surface area contributed by atoms with Gasteiger partial charge in [0, 0.05) is 6.54 Å². The zero-order chi connectivity index (χ0) is 11.1. The van der Waals surface area contributed by atoms with Crippen LogP contribution in [0.5, 0.6) is 0 Å². The fourth-order valence-corrected chi connectivity index (χ4v) is 1.49. The van der Waals surface area contributed by atoms with E-state index in [4.69, 9.17) is 9.52 Å². The molecule has 4 nitrogen and oxygen atoms in total. The SMILES string of the molecule is CCCN(CCO)Cc1ccc(C=O)o1. The summed E-state index contributed by atoms with van der Waals surface area (Å²) in [6, 6.07) is 3.45. The van der Waals surface area contributed by atoms with E-state index in [0.717, 1.165) is 18.7 Å². The molecule has 0 saturated heterocycles. The molecular formula is C11H17NO3. The Morgan fingerprint density at radius 1 is 1.47 bits per heavy atom. The minimum Gasteiger partial charge on any atom is -0.457 e. The van der Waals surface area contributed by atoms with Crippen molar-refractivity contribution in [1.29, 1.82) is 0 Å². The van der Waals surface area contributed by atoms with Crippen molar-refractivity contribution in [3.8, 4) is 0 Å². The van der Waals surface area contributed by atoms with Crippen molar-refractivity contribution in [3.63, 3.8) is 0 Å². The van der Waals surface area contributed by atoms with E-state index in [1.165, 1.54) is 0 Å². The number of carbonyl (C=O) groups is 1. The molecule has 0 bridgehead atoms. The van der Waals surface area contributed by atoms with Gasteiger partial charge in [0.15, 0.2) is 12.0 Å². The van der Waals surface area contributed by atoms with E-state index >= 15 is 0 Å². The fraction of sp³-hybridized carbons (Fsp3) is 0.545. The summed E-state index contributed by atoms with van der Waals surface area (Å²) in [4.78, 5) is 12.5. The Labute approximate surface area is 89.5 Å². The fourth-order valence-electron chi connectivity index (χ4n) is 1.49. The van der Waals surface area contributed by atoms with Crippen LogP contribution in [0.25, 0.3) is 0 Å². The third-order valence-corrected chi connectivity index (χ3v) is 2.13. The van der Waals surface area contributed by atoms with Gasteiger partial charge in [-0.05, 0) is 25.1 Å². The Kier molecular flexibility index (Phi) is 5.07. The number of hydrogen-bond acceptors (Lipinski definition) is 4. The number of hydrogen-bond donors (Lipinski definition) is 1. The number of aliphatic hydroxyl groups is 1. The Balaban J connectivity index is 2.52. The van der Waals surface area contributed by atoms with Crippen LogP contribution in [0.3, 0.4) is 0 Å². The van der Waals surface area contributed by atoms with Gasteiger partial charge in [0.2, 0.25) is 0 Å². The van der Waals surface area contributed by atoms with E-state index in [1.54, 1.807) is 12.1 Å². The van der Waals surface area contributed by atoms with Crippen molar-refractivity contribution in [3.05, 3.63) is 23.7 Å². The summed E-state index contributed by atoms with van der Waals surface area (Å²) in [6.45, 7) is 4.41. The second-order valence-electron chi connectivity index (χ2n) is 3.42. The number of nitrogens with zero attached hydrogens (tertiary/aromatic N) is 1. The van der Waals surface area contributed by atoms with Crippen molar-refractivity contribution in [2.24, 2.45) is 0 Å². The quantitative estimate of drug-likeness (QED) is 0.691. The lowest BCUT2D eigenvalue weighted by Gasteiger charge is -2.18. The van der Waals surface area contributed by atoms with Crippen molar-refractivity contribution in [2.75, 3.05) is 19.7 Å². The molecule has 0 radical (unpaired) electrons. The van der Waals surface area contributed by atoms with Gasteiger partial charge in [-0.2, -0.15) is 0 Å². The monoisotopic (exact) mass is 211 g/mol. The van der Waals surface area contributed by atoms with Crippen LogP contribution in [-0.2, 0) is 6.54 Å². The van der Waals surface area contributed by atoms with Crippen LogP contribution in [0.1, 0.15) is 29.7 Å². The van der Waals surface area contributed by atoms with Gasteiger partial charge in [0.25, 0.3) is 0 Å². The lowest BCUT2D eigenvalue weighted by molar-refractivity contribution is 0.109. The molecule has 84 valence electrons. The third kappa shape index (κ3) is 3.85. The van der Waals surface area contributed by atoms with Gasteiger partial charge in [0.1, 0.15) is 5.76 Å². The molecule has 0 aromatic carbocycles. The van der Waals surface area contributed by atoms with Crippen molar-refractivity contribution in [1.82, 2.24) is 4.90 Å². The van der Waals surface area contributed by atoms with Crippen molar-refractivity contribution in [2.45, 2.75) is 19.9 Å². The Morgan fingerprint density at radius 3 is 2.80 bits per heavy atom. The molecule has 0 aliphatic heterocycles. The Bertz CT molecular complexity index is 290.